The zero-order chi connectivity index (χ0) is 21.9. The lowest BCUT2D eigenvalue weighted by atomic mass is 9.96. The Morgan fingerprint density at radius 2 is 1.06 bits per heavy atom. The molecule has 2 aliphatic rings. The van der Waals surface area contributed by atoms with Gasteiger partial charge in [-0.2, -0.15) is 0 Å². The average Bonchev–Trinajstić information content (AvgIpc) is 3.68. The Balaban J connectivity index is 1.14. The maximum atomic E-state index is 13.1. The smallest absolute Gasteiger partial charge is 0.230 e. The summed E-state index contributed by atoms with van der Waals surface area (Å²) >= 11 is 1.28. The lowest BCUT2D eigenvalue weighted by Crippen LogP contribution is -2.35. The Bertz CT molecular complexity index is 862. The molecule has 0 aliphatic heterocycles. The van der Waals surface area contributed by atoms with Gasteiger partial charge in [-0.3, -0.25) is 9.59 Å². The van der Waals surface area contributed by atoms with Gasteiger partial charge >= 0.3 is 0 Å². The van der Waals surface area contributed by atoms with Crippen LogP contribution in [0.25, 0.3) is 0 Å². The Kier molecular flexibility index (Phi) is 6.32. The summed E-state index contributed by atoms with van der Waals surface area (Å²) in [5.41, 5.74) is 1.95. The first-order chi connectivity index (χ1) is 14.9. The molecular formula is C24H26F2N2O2S. The van der Waals surface area contributed by atoms with Crippen molar-refractivity contribution in [1.82, 2.24) is 10.6 Å². The SMILES string of the molecule is O=C(CSCC(=O)NCC1(c2ccc(F)cc2)CC1)NCC1(c2ccc(F)cc2)CC1. The first kappa shape index (κ1) is 21.8. The van der Waals surface area contributed by atoms with Crippen LogP contribution in [-0.4, -0.2) is 36.4 Å². The molecule has 2 N–H and O–H groups in total. The van der Waals surface area contributed by atoms with Crippen LogP contribution >= 0.6 is 11.8 Å². The lowest BCUT2D eigenvalue weighted by molar-refractivity contribution is -0.119. The van der Waals surface area contributed by atoms with Gasteiger partial charge in [0.15, 0.2) is 0 Å². The highest BCUT2D eigenvalue weighted by atomic mass is 32.2. The molecule has 2 aliphatic carbocycles. The van der Waals surface area contributed by atoms with Crippen LogP contribution in [0.4, 0.5) is 8.78 Å². The maximum Gasteiger partial charge on any atom is 0.230 e. The van der Waals surface area contributed by atoms with Crippen molar-refractivity contribution in [2.45, 2.75) is 36.5 Å². The van der Waals surface area contributed by atoms with Gasteiger partial charge < -0.3 is 10.6 Å². The van der Waals surface area contributed by atoms with Crippen molar-refractivity contribution in [2.24, 2.45) is 0 Å². The molecule has 2 aromatic carbocycles. The van der Waals surface area contributed by atoms with Crippen LogP contribution in [0.15, 0.2) is 48.5 Å². The van der Waals surface area contributed by atoms with Gasteiger partial charge in [-0.1, -0.05) is 24.3 Å². The molecule has 0 saturated heterocycles. The highest BCUT2D eigenvalue weighted by Crippen LogP contribution is 2.48. The van der Waals surface area contributed by atoms with Crippen LogP contribution in [0, 0.1) is 11.6 Å². The van der Waals surface area contributed by atoms with Gasteiger partial charge in [0.2, 0.25) is 11.8 Å². The Labute approximate surface area is 185 Å². The molecule has 0 atom stereocenters. The highest BCUT2D eigenvalue weighted by molar-refractivity contribution is 8.00. The summed E-state index contributed by atoms with van der Waals surface area (Å²) in [5.74, 6) is -0.286. The van der Waals surface area contributed by atoms with Crippen molar-refractivity contribution in [2.75, 3.05) is 24.6 Å². The van der Waals surface area contributed by atoms with E-state index in [4.69, 9.17) is 0 Å². The number of amides is 2. The van der Waals surface area contributed by atoms with Crippen molar-refractivity contribution in [1.29, 1.82) is 0 Å². The number of carbonyl (C=O) groups excluding carboxylic acids is 2. The summed E-state index contributed by atoms with van der Waals surface area (Å²) in [6.07, 6.45) is 3.91. The number of benzene rings is 2. The summed E-state index contributed by atoms with van der Waals surface area (Å²) < 4.78 is 26.2. The van der Waals surface area contributed by atoms with E-state index in [9.17, 15) is 18.4 Å². The summed E-state index contributed by atoms with van der Waals surface area (Å²) in [6, 6.07) is 12.9. The number of hydrogen-bond acceptors (Lipinski definition) is 3. The second-order valence-electron chi connectivity index (χ2n) is 8.62. The minimum atomic E-state index is -0.261. The Morgan fingerprint density at radius 1 is 0.710 bits per heavy atom. The first-order valence-electron chi connectivity index (χ1n) is 10.5. The standard InChI is InChI=1S/C24H26F2N2O2S/c25-19-5-1-17(2-6-19)23(9-10-23)15-27-21(29)13-31-14-22(30)28-16-24(11-12-24)18-3-7-20(26)8-4-18/h1-8H,9-16H2,(H,27,29)(H,28,30). The molecule has 164 valence electrons. The fourth-order valence-electron chi connectivity index (χ4n) is 3.92. The fraction of sp³-hybridized carbons (Fsp3) is 0.417. The molecule has 4 nitrogen and oxygen atoms in total. The first-order valence-corrected chi connectivity index (χ1v) is 11.7. The predicted molar refractivity (Wildman–Crippen MR) is 118 cm³/mol. The molecule has 0 spiro atoms. The van der Waals surface area contributed by atoms with Crippen LogP contribution in [0.3, 0.4) is 0 Å². The zero-order valence-corrected chi connectivity index (χ0v) is 18.1. The van der Waals surface area contributed by atoms with E-state index in [2.05, 4.69) is 10.6 Å². The van der Waals surface area contributed by atoms with Crippen LogP contribution in [0.5, 0.6) is 0 Å². The number of hydrogen-bond donors (Lipinski definition) is 2. The second-order valence-corrected chi connectivity index (χ2v) is 9.61. The Morgan fingerprint density at radius 3 is 1.39 bits per heavy atom. The highest BCUT2D eigenvalue weighted by Gasteiger charge is 2.45. The van der Waals surface area contributed by atoms with E-state index in [0.717, 1.165) is 36.8 Å². The summed E-state index contributed by atoms with van der Waals surface area (Å²) in [7, 11) is 0. The van der Waals surface area contributed by atoms with Gasteiger partial charge in [0.05, 0.1) is 11.5 Å². The third-order valence-corrected chi connectivity index (χ3v) is 7.27. The van der Waals surface area contributed by atoms with Crippen LogP contribution < -0.4 is 10.6 Å². The van der Waals surface area contributed by atoms with E-state index >= 15 is 0 Å². The number of rotatable bonds is 10. The van der Waals surface area contributed by atoms with Gasteiger partial charge in [-0.15, -0.1) is 11.8 Å². The van der Waals surface area contributed by atoms with Gasteiger partial charge in [-0.25, -0.2) is 8.78 Å². The lowest BCUT2D eigenvalue weighted by Gasteiger charge is -2.17. The summed E-state index contributed by atoms with van der Waals surface area (Å²) in [6.45, 7) is 1.06. The van der Waals surface area contributed by atoms with E-state index in [1.165, 1.54) is 36.0 Å². The third kappa shape index (κ3) is 5.45. The van der Waals surface area contributed by atoms with Gasteiger partial charge in [0.1, 0.15) is 11.6 Å². The van der Waals surface area contributed by atoms with E-state index < -0.39 is 0 Å². The number of nitrogens with one attached hydrogen (secondary N) is 2. The molecule has 2 saturated carbocycles. The molecule has 2 aromatic rings. The number of halogens is 2. The molecule has 2 fully saturated rings. The monoisotopic (exact) mass is 444 g/mol. The maximum absolute atomic E-state index is 13.1. The topological polar surface area (TPSA) is 58.2 Å². The minimum absolute atomic E-state index is 0.0790. The average molecular weight is 445 g/mol. The van der Waals surface area contributed by atoms with E-state index in [1.54, 1.807) is 24.3 Å². The molecule has 7 heteroatoms. The van der Waals surface area contributed by atoms with Crippen molar-refractivity contribution in [3.05, 3.63) is 71.3 Å². The van der Waals surface area contributed by atoms with Crippen LogP contribution in [0.2, 0.25) is 0 Å². The molecule has 31 heavy (non-hydrogen) atoms. The van der Waals surface area contributed by atoms with E-state index in [1.807, 2.05) is 0 Å². The molecular weight excluding hydrogens is 418 g/mol. The van der Waals surface area contributed by atoms with Crippen LogP contribution in [-0.2, 0) is 20.4 Å². The molecule has 0 radical (unpaired) electrons. The quantitative estimate of drug-likeness (QED) is 0.588. The molecule has 4 rings (SSSR count). The third-order valence-electron chi connectivity index (χ3n) is 6.33. The molecule has 0 heterocycles. The molecule has 0 aromatic heterocycles. The molecule has 0 unspecified atom stereocenters. The summed E-state index contributed by atoms with van der Waals surface area (Å²) in [4.78, 5) is 24.3. The normalized spacial score (nSPS) is 17.6. The minimum Gasteiger partial charge on any atom is -0.354 e. The zero-order valence-electron chi connectivity index (χ0n) is 17.3. The van der Waals surface area contributed by atoms with Crippen molar-refractivity contribution in [3.8, 4) is 0 Å². The van der Waals surface area contributed by atoms with Gasteiger partial charge in [-0.05, 0) is 61.1 Å². The van der Waals surface area contributed by atoms with Crippen LogP contribution in [0.1, 0.15) is 36.8 Å². The Hall–Kier alpha value is -2.41. The van der Waals surface area contributed by atoms with Gasteiger partial charge in [0.25, 0.3) is 0 Å². The number of thioether (sulfide) groups is 1. The molecule has 0 bridgehead atoms. The van der Waals surface area contributed by atoms with Gasteiger partial charge in [0, 0.05) is 23.9 Å². The second kappa shape index (κ2) is 8.99. The van der Waals surface area contributed by atoms with E-state index in [-0.39, 0.29) is 45.8 Å². The largest absolute Gasteiger partial charge is 0.354 e. The van der Waals surface area contributed by atoms with Crippen molar-refractivity contribution >= 4 is 23.6 Å². The number of carbonyl (C=O) groups is 2. The predicted octanol–water partition coefficient (Wildman–Crippen LogP) is 3.69. The molecule has 2 amide bonds. The summed E-state index contributed by atoms with van der Waals surface area (Å²) in [5, 5.41) is 5.90. The van der Waals surface area contributed by atoms with Crippen molar-refractivity contribution in [3.63, 3.8) is 0 Å². The van der Waals surface area contributed by atoms with E-state index in [0.29, 0.717) is 13.1 Å². The fourth-order valence-corrected chi connectivity index (χ4v) is 4.59. The van der Waals surface area contributed by atoms with Crippen molar-refractivity contribution < 1.29 is 18.4 Å².